The van der Waals surface area contributed by atoms with E-state index in [2.05, 4.69) is 32.9 Å². The zero-order chi connectivity index (χ0) is 12.5. The normalized spacial score (nSPS) is 13.9. The van der Waals surface area contributed by atoms with Crippen LogP contribution < -0.4 is 5.73 Å². The van der Waals surface area contributed by atoms with Gasteiger partial charge in [0.1, 0.15) is 0 Å². The monoisotopic (exact) mass is 239 g/mol. The Balaban J connectivity index is 2.95. The topological polar surface area (TPSA) is 43.1 Å². The SMILES string of the molecule is Cc1cc(CC(N)P(C)(C)=O)cc(C)c1C. The summed E-state index contributed by atoms with van der Waals surface area (Å²) in [6, 6.07) is 4.30. The second-order valence-corrected chi connectivity index (χ2v) is 8.59. The smallest absolute Gasteiger partial charge is 0.0980 e. The zero-order valence-corrected chi connectivity index (χ0v) is 11.8. The maximum atomic E-state index is 11.8. The van der Waals surface area contributed by atoms with E-state index in [1.54, 1.807) is 13.3 Å². The van der Waals surface area contributed by atoms with Crippen LogP contribution in [0.25, 0.3) is 0 Å². The average Bonchev–Trinajstić information content (AvgIpc) is 2.12. The molecule has 0 aliphatic rings. The summed E-state index contributed by atoms with van der Waals surface area (Å²) >= 11 is 0. The first-order valence-electron chi connectivity index (χ1n) is 5.59. The molecule has 0 aliphatic carbocycles. The summed E-state index contributed by atoms with van der Waals surface area (Å²) in [6.45, 7) is 9.85. The molecule has 1 aromatic carbocycles. The van der Waals surface area contributed by atoms with E-state index >= 15 is 0 Å². The van der Waals surface area contributed by atoms with Crippen molar-refractivity contribution in [2.45, 2.75) is 33.0 Å². The van der Waals surface area contributed by atoms with Gasteiger partial charge in [-0.25, -0.2) is 0 Å². The molecule has 0 saturated carbocycles. The zero-order valence-electron chi connectivity index (χ0n) is 10.9. The van der Waals surface area contributed by atoms with Crippen LogP contribution in [0.2, 0.25) is 0 Å². The minimum atomic E-state index is -2.19. The molecule has 0 heterocycles. The Kier molecular flexibility index (Phi) is 3.98. The van der Waals surface area contributed by atoms with Crippen molar-refractivity contribution in [1.82, 2.24) is 0 Å². The van der Waals surface area contributed by atoms with Crippen LogP contribution in [0.1, 0.15) is 22.3 Å². The fourth-order valence-corrected chi connectivity index (χ4v) is 2.36. The standard InChI is InChI=1S/C13H22NOP/c1-9-6-12(7-10(2)11(9)3)8-13(14)16(4,5)15/h6-7,13H,8,14H2,1-5H3. The van der Waals surface area contributed by atoms with Crippen molar-refractivity contribution < 1.29 is 4.57 Å². The number of rotatable bonds is 3. The van der Waals surface area contributed by atoms with Crippen LogP contribution in [-0.2, 0) is 11.0 Å². The molecule has 0 amide bonds. The van der Waals surface area contributed by atoms with Crippen molar-refractivity contribution in [3.05, 3.63) is 34.4 Å². The second-order valence-electron chi connectivity index (χ2n) is 5.06. The maximum absolute atomic E-state index is 11.8. The van der Waals surface area contributed by atoms with Gasteiger partial charge in [-0.1, -0.05) is 12.1 Å². The Morgan fingerprint density at radius 3 is 2.00 bits per heavy atom. The third-order valence-electron chi connectivity index (χ3n) is 3.23. The molecule has 0 radical (unpaired) electrons. The number of hydrogen-bond donors (Lipinski definition) is 1. The van der Waals surface area contributed by atoms with Gasteiger partial charge < -0.3 is 10.3 Å². The highest BCUT2D eigenvalue weighted by Crippen LogP contribution is 2.41. The summed E-state index contributed by atoms with van der Waals surface area (Å²) in [5.41, 5.74) is 11.0. The largest absolute Gasteiger partial charge is 0.323 e. The summed E-state index contributed by atoms with van der Waals surface area (Å²) in [7, 11) is -2.19. The van der Waals surface area contributed by atoms with E-state index < -0.39 is 7.14 Å². The number of nitrogens with two attached hydrogens (primary N) is 1. The first-order valence-corrected chi connectivity index (χ1v) is 8.26. The van der Waals surface area contributed by atoms with E-state index in [9.17, 15) is 4.57 Å². The lowest BCUT2D eigenvalue weighted by Gasteiger charge is -2.17. The van der Waals surface area contributed by atoms with E-state index in [4.69, 9.17) is 5.73 Å². The molecule has 0 fully saturated rings. The predicted molar refractivity (Wildman–Crippen MR) is 71.8 cm³/mol. The molecule has 1 aromatic rings. The molecule has 90 valence electrons. The number of hydrogen-bond acceptors (Lipinski definition) is 2. The predicted octanol–water partition coefficient (Wildman–Crippen LogP) is 3.06. The molecule has 2 N–H and O–H groups in total. The van der Waals surface area contributed by atoms with Crippen molar-refractivity contribution in [3.8, 4) is 0 Å². The van der Waals surface area contributed by atoms with Crippen molar-refractivity contribution in [3.63, 3.8) is 0 Å². The van der Waals surface area contributed by atoms with Crippen LogP contribution in [-0.4, -0.2) is 19.1 Å². The average molecular weight is 239 g/mol. The van der Waals surface area contributed by atoms with Crippen LogP contribution in [0.5, 0.6) is 0 Å². The van der Waals surface area contributed by atoms with Gasteiger partial charge >= 0.3 is 0 Å². The van der Waals surface area contributed by atoms with Gasteiger partial charge in [0.25, 0.3) is 0 Å². The van der Waals surface area contributed by atoms with Crippen LogP contribution in [0.15, 0.2) is 12.1 Å². The summed E-state index contributed by atoms with van der Waals surface area (Å²) in [5.74, 6) is -0.228. The fourth-order valence-electron chi connectivity index (χ4n) is 1.70. The first kappa shape index (κ1) is 13.5. The van der Waals surface area contributed by atoms with Crippen molar-refractivity contribution in [2.24, 2.45) is 5.73 Å². The molecule has 1 atom stereocenters. The Morgan fingerprint density at radius 2 is 1.62 bits per heavy atom. The minimum absolute atomic E-state index is 0.228. The van der Waals surface area contributed by atoms with E-state index in [1.807, 2.05) is 0 Å². The fraction of sp³-hybridized carbons (Fsp3) is 0.538. The summed E-state index contributed by atoms with van der Waals surface area (Å²) < 4.78 is 11.8. The van der Waals surface area contributed by atoms with Gasteiger partial charge in [-0.3, -0.25) is 0 Å². The molecule has 0 aliphatic heterocycles. The molecule has 16 heavy (non-hydrogen) atoms. The number of benzene rings is 1. The summed E-state index contributed by atoms with van der Waals surface area (Å²) in [6.07, 6.45) is 0.701. The van der Waals surface area contributed by atoms with Crippen LogP contribution in [0.3, 0.4) is 0 Å². The maximum Gasteiger partial charge on any atom is 0.0980 e. The molecule has 3 heteroatoms. The Labute approximate surface area is 98.6 Å². The Morgan fingerprint density at radius 1 is 1.19 bits per heavy atom. The lowest BCUT2D eigenvalue weighted by molar-refractivity contribution is 0.571. The van der Waals surface area contributed by atoms with Gasteiger partial charge in [0, 0.05) is 0 Å². The van der Waals surface area contributed by atoms with E-state index in [0.717, 1.165) is 0 Å². The molecule has 1 rings (SSSR count). The lowest BCUT2D eigenvalue weighted by atomic mass is 9.99. The highest BCUT2D eigenvalue weighted by molar-refractivity contribution is 7.63. The molecule has 2 nitrogen and oxygen atoms in total. The Hall–Kier alpha value is -0.590. The first-order chi connectivity index (χ1) is 7.21. The van der Waals surface area contributed by atoms with E-state index in [-0.39, 0.29) is 5.78 Å². The second kappa shape index (κ2) is 4.73. The van der Waals surface area contributed by atoms with Crippen molar-refractivity contribution in [2.75, 3.05) is 13.3 Å². The molecule has 0 bridgehead atoms. The van der Waals surface area contributed by atoms with Gasteiger partial charge in [-0.15, -0.1) is 0 Å². The third-order valence-corrected chi connectivity index (χ3v) is 5.01. The number of aryl methyl sites for hydroxylation is 2. The van der Waals surface area contributed by atoms with Crippen LogP contribution in [0.4, 0.5) is 0 Å². The van der Waals surface area contributed by atoms with E-state index in [0.29, 0.717) is 6.42 Å². The Bertz CT molecular complexity index is 411. The summed E-state index contributed by atoms with van der Waals surface area (Å²) in [5, 5.41) is 0. The molecule has 0 saturated heterocycles. The van der Waals surface area contributed by atoms with Gasteiger partial charge in [-0.2, -0.15) is 0 Å². The van der Waals surface area contributed by atoms with Crippen molar-refractivity contribution >= 4 is 7.14 Å². The quantitative estimate of drug-likeness (QED) is 0.824. The van der Waals surface area contributed by atoms with Crippen LogP contribution in [0, 0.1) is 20.8 Å². The molecule has 0 aromatic heterocycles. The molecule has 1 unspecified atom stereocenters. The summed E-state index contributed by atoms with van der Waals surface area (Å²) in [4.78, 5) is 0. The highest BCUT2D eigenvalue weighted by Gasteiger charge is 2.19. The van der Waals surface area contributed by atoms with Gasteiger partial charge in [0.15, 0.2) is 0 Å². The lowest BCUT2D eigenvalue weighted by Crippen LogP contribution is -2.22. The molecular weight excluding hydrogens is 217 g/mol. The van der Waals surface area contributed by atoms with Crippen LogP contribution >= 0.6 is 7.14 Å². The third kappa shape index (κ3) is 3.20. The molecule has 0 spiro atoms. The highest BCUT2D eigenvalue weighted by atomic mass is 31.2. The molecular formula is C13H22NOP. The van der Waals surface area contributed by atoms with Gasteiger partial charge in [0.2, 0.25) is 0 Å². The van der Waals surface area contributed by atoms with Gasteiger partial charge in [0.05, 0.1) is 12.9 Å². The van der Waals surface area contributed by atoms with Crippen molar-refractivity contribution in [1.29, 1.82) is 0 Å². The minimum Gasteiger partial charge on any atom is -0.323 e. The van der Waals surface area contributed by atoms with Gasteiger partial charge in [-0.05, 0) is 62.8 Å². The van der Waals surface area contributed by atoms with E-state index in [1.165, 1.54) is 22.3 Å².